The summed E-state index contributed by atoms with van der Waals surface area (Å²) in [6.07, 6.45) is 0. The minimum absolute atomic E-state index is 0.446. The lowest BCUT2D eigenvalue weighted by Gasteiger charge is -2.21. The van der Waals surface area contributed by atoms with Crippen LogP contribution in [0.1, 0.15) is 25.3 Å². The van der Waals surface area contributed by atoms with Gasteiger partial charge in [-0.15, -0.1) is 0 Å². The van der Waals surface area contributed by atoms with Crippen LogP contribution in [0.4, 0.5) is 0 Å². The molecule has 0 saturated carbocycles. The van der Waals surface area contributed by atoms with Gasteiger partial charge in [-0.1, -0.05) is 226 Å². The van der Waals surface area contributed by atoms with E-state index in [0.717, 1.165) is 0 Å². The van der Waals surface area contributed by atoms with Crippen molar-refractivity contribution in [3.05, 3.63) is 230 Å². The summed E-state index contributed by atoms with van der Waals surface area (Å²) in [6.45, 7) is 4.55. The van der Waals surface area contributed by atoms with Gasteiger partial charge in [0.15, 0.2) is 0 Å². The summed E-state index contributed by atoms with van der Waals surface area (Å²) in [4.78, 5) is 0. The minimum Gasteiger partial charge on any atom is -0.0616 e. The minimum atomic E-state index is 0.446. The Labute approximate surface area is 358 Å². The maximum Gasteiger partial charge on any atom is -0.00261 e. The third kappa shape index (κ3) is 6.49. The van der Waals surface area contributed by atoms with Gasteiger partial charge in [-0.2, -0.15) is 0 Å². The molecular weight excluding hydrogens is 733 g/mol. The van der Waals surface area contributed by atoms with Crippen molar-refractivity contribution >= 4 is 43.1 Å². The van der Waals surface area contributed by atoms with E-state index >= 15 is 0 Å². The van der Waals surface area contributed by atoms with Gasteiger partial charge >= 0.3 is 0 Å². The Morgan fingerprint density at radius 2 is 0.705 bits per heavy atom. The van der Waals surface area contributed by atoms with E-state index in [1.807, 2.05) is 0 Å². The lowest BCUT2D eigenvalue weighted by atomic mass is 9.83. The summed E-state index contributed by atoms with van der Waals surface area (Å²) < 4.78 is 0. The summed E-state index contributed by atoms with van der Waals surface area (Å²) in [6, 6.07) is 83.2. The Morgan fingerprint density at radius 3 is 1.38 bits per heavy atom. The largest absolute Gasteiger partial charge is 0.0616 e. The molecule has 0 fully saturated rings. The number of fused-ring (bicyclic) bond motifs is 4. The highest BCUT2D eigenvalue weighted by Crippen LogP contribution is 2.47. The standard InChI is InChI=1S/C61H44/c1-40(2)45-19-13-20-48(37-45)60-55-24-9-11-26-57(55)61(58-27-12-10-25-56(58)60)49-35-36-53(47-34-29-41-15-3-4-17-46(41)38-47)59(39-49)54-23-8-7-22-52(54)44-32-30-43(31-33-44)51-28-14-18-42-16-5-6-21-50(42)51/h3-40H,1-2H3. The quantitative estimate of drug-likeness (QED) is 0.141. The van der Waals surface area contributed by atoms with Crippen molar-refractivity contribution in [3.63, 3.8) is 0 Å². The highest BCUT2D eigenvalue weighted by atomic mass is 14.2. The van der Waals surface area contributed by atoms with Crippen LogP contribution < -0.4 is 0 Å². The highest BCUT2D eigenvalue weighted by molar-refractivity contribution is 6.21. The molecule has 0 unspecified atom stereocenters. The smallest absolute Gasteiger partial charge is 0.00261 e. The van der Waals surface area contributed by atoms with Crippen molar-refractivity contribution in [3.8, 4) is 66.8 Å². The molecule has 0 nitrogen and oxygen atoms in total. The Kier molecular flexibility index (Phi) is 9.13. The van der Waals surface area contributed by atoms with Gasteiger partial charge < -0.3 is 0 Å². The molecule has 61 heavy (non-hydrogen) atoms. The summed E-state index contributed by atoms with van der Waals surface area (Å²) in [5.41, 5.74) is 16.1. The maximum atomic E-state index is 2.46. The van der Waals surface area contributed by atoms with Crippen molar-refractivity contribution in [1.82, 2.24) is 0 Å². The van der Waals surface area contributed by atoms with Crippen LogP contribution in [0.5, 0.6) is 0 Å². The summed E-state index contributed by atoms with van der Waals surface area (Å²) in [5, 5.41) is 10.1. The zero-order chi connectivity index (χ0) is 40.9. The average molecular weight is 777 g/mol. The molecule has 11 aromatic carbocycles. The number of benzene rings is 11. The summed E-state index contributed by atoms with van der Waals surface area (Å²) in [7, 11) is 0. The van der Waals surface area contributed by atoms with Crippen LogP contribution in [0.2, 0.25) is 0 Å². The molecule has 0 heterocycles. The van der Waals surface area contributed by atoms with Gasteiger partial charge in [0, 0.05) is 0 Å². The molecule has 11 rings (SSSR count). The van der Waals surface area contributed by atoms with E-state index in [-0.39, 0.29) is 0 Å². The molecule has 11 aromatic rings. The summed E-state index contributed by atoms with van der Waals surface area (Å²) >= 11 is 0. The normalized spacial score (nSPS) is 11.6. The number of hydrogen-bond donors (Lipinski definition) is 0. The first-order chi connectivity index (χ1) is 30.1. The molecule has 0 heteroatoms. The second-order valence-electron chi connectivity index (χ2n) is 16.6. The molecular formula is C61H44. The van der Waals surface area contributed by atoms with Crippen molar-refractivity contribution in [2.75, 3.05) is 0 Å². The van der Waals surface area contributed by atoms with Gasteiger partial charge in [0.2, 0.25) is 0 Å². The first-order valence-electron chi connectivity index (χ1n) is 21.4. The predicted molar refractivity (Wildman–Crippen MR) is 263 cm³/mol. The van der Waals surface area contributed by atoms with Crippen LogP contribution in [0, 0.1) is 0 Å². The Bertz CT molecular complexity index is 3380. The zero-order valence-corrected chi connectivity index (χ0v) is 34.4. The molecule has 0 bridgehead atoms. The summed E-state index contributed by atoms with van der Waals surface area (Å²) in [5.74, 6) is 0.446. The van der Waals surface area contributed by atoms with Crippen LogP contribution in [0.25, 0.3) is 110 Å². The molecule has 0 aromatic heterocycles. The fourth-order valence-electron chi connectivity index (χ4n) is 9.61. The van der Waals surface area contributed by atoms with E-state index in [1.54, 1.807) is 0 Å². The maximum absolute atomic E-state index is 2.46. The Hall–Kier alpha value is -7.54. The van der Waals surface area contributed by atoms with E-state index in [0.29, 0.717) is 5.92 Å². The second-order valence-corrected chi connectivity index (χ2v) is 16.6. The van der Waals surface area contributed by atoms with E-state index in [2.05, 4.69) is 238 Å². The van der Waals surface area contributed by atoms with Crippen molar-refractivity contribution in [2.45, 2.75) is 19.8 Å². The van der Waals surface area contributed by atoms with Crippen LogP contribution in [-0.4, -0.2) is 0 Å². The van der Waals surface area contributed by atoms with E-state index in [9.17, 15) is 0 Å². The van der Waals surface area contributed by atoms with Gasteiger partial charge in [0.05, 0.1) is 0 Å². The van der Waals surface area contributed by atoms with Gasteiger partial charge in [-0.05, 0) is 133 Å². The van der Waals surface area contributed by atoms with Crippen LogP contribution in [0.15, 0.2) is 224 Å². The first-order valence-corrected chi connectivity index (χ1v) is 21.4. The SMILES string of the molecule is CC(C)c1cccc(-c2c3ccccc3c(-c3ccc(-c4ccc5ccccc5c4)c(-c4ccccc4-c4ccc(-c5cccc6ccccc56)cc4)c3)c3ccccc23)c1. The molecule has 288 valence electrons. The van der Waals surface area contributed by atoms with E-state index in [1.165, 1.54) is 115 Å². The topological polar surface area (TPSA) is 0 Å². The predicted octanol–water partition coefficient (Wildman–Crippen LogP) is 17.4. The molecule has 0 radical (unpaired) electrons. The van der Waals surface area contributed by atoms with E-state index in [4.69, 9.17) is 0 Å². The van der Waals surface area contributed by atoms with Gasteiger partial charge in [-0.25, -0.2) is 0 Å². The molecule has 0 N–H and O–H groups in total. The van der Waals surface area contributed by atoms with Gasteiger partial charge in [0.1, 0.15) is 0 Å². The molecule has 0 aliphatic heterocycles. The lowest BCUT2D eigenvalue weighted by molar-refractivity contribution is 0.867. The number of rotatable bonds is 7. The van der Waals surface area contributed by atoms with Crippen LogP contribution >= 0.6 is 0 Å². The van der Waals surface area contributed by atoms with Crippen molar-refractivity contribution in [2.24, 2.45) is 0 Å². The lowest BCUT2D eigenvalue weighted by Crippen LogP contribution is -1.94. The number of hydrogen-bond acceptors (Lipinski definition) is 0. The van der Waals surface area contributed by atoms with Crippen molar-refractivity contribution in [1.29, 1.82) is 0 Å². The Morgan fingerprint density at radius 1 is 0.246 bits per heavy atom. The van der Waals surface area contributed by atoms with E-state index < -0.39 is 0 Å². The third-order valence-electron chi connectivity index (χ3n) is 12.7. The monoisotopic (exact) mass is 776 g/mol. The second kappa shape index (κ2) is 15.2. The molecule has 0 atom stereocenters. The average Bonchev–Trinajstić information content (AvgIpc) is 3.32. The molecule has 0 amide bonds. The van der Waals surface area contributed by atoms with Gasteiger partial charge in [-0.3, -0.25) is 0 Å². The van der Waals surface area contributed by atoms with Crippen LogP contribution in [0.3, 0.4) is 0 Å². The fraction of sp³-hybridized carbons (Fsp3) is 0.0492. The van der Waals surface area contributed by atoms with Crippen LogP contribution in [-0.2, 0) is 0 Å². The first kappa shape index (κ1) is 36.5. The zero-order valence-electron chi connectivity index (χ0n) is 34.4. The molecule has 0 saturated heterocycles. The molecule has 0 aliphatic rings. The molecule has 0 aliphatic carbocycles. The third-order valence-corrected chi connectivity index (χ3v) is 12.7. The van der Waals surface area contributed by atoms with Gasteiger partial charge in [0.25, 0.3) is 0 Å². The fourth-order valence-corrected chi connectivity index (χ4v) is 9.61. The Balaban J connectivity index is 1.13. The molecule has 0 spiro atoms. The van der Waals surface area contributed by atoms with Crippen molar-refractivity contribution < 1.29 is 0 Å². The highest BCUT2D eigenvalue weighted by Gasteiger charge is 2.20.